The summed E-state index contributed by atoms with van der Waals surface area (Å²) in [5.74, 6) is 1.82. The van der Waals surface area contributed by atoms with Gasteiger partial charge in [-0.3, -0.25) is 0 Å². The molecule has 2 atom stereocenters. The number of hydrogen-bond acceptors (Lipinski definition) is 3. The molecule has 1 aliphatic heterocycles. The largest absolute Gasteiger partial charge is 0.316 e. The molecular formula is C17H20Cl2N4. The van der Waals surface area contributed by atoms with E-state index in [-0.39, 0.29) is 10.8 Å². The Morgan fingerprint density at radius 2 is 2.09 bits per heavy atom. The average molecular weight is 351 g/mol. The summed E-state index contributed by atoms with van der Waals surface area (Å²) in [5, 5.41) is 9.39. The number of aromatic nitrogens is 3. The highest BCUT2D eigenvalue weighted by molar-refractivity contribution is 6.42. The summed E-state index contributed by atoms with van der Waals surface area (Å²) in [7, 11) is 0. The molecule has 6 heteroatoms. The number of halogens is 2. The van der Waals surface area contributed by atoms with Crippen LogP contribution >= 0.6 is 23.2 Å². The summed E-state index contributed by atoms with van der Waals surface area (Å²) < 4.78 is 2.06. The van der Waals surface area contributed by atoms with Gasteiger partial charge in [0.2, 0.25) is 0 Å². The van der Waals surface area contributed by atoms with Crippen molar-refractivity contribution in [3.63, 3.8) is 0 Å². The van der Waals surface area contributed by atoms with Crippen molar-refractivity contribution < 1.29 is 0 Å². The smallest absolute Gasteiger partial charge is 0.147 e. The van der Waals surface area contributed by atoms with Crippen molar-refractivity contribution >= 4 is 23.2 Å². The van der Waals surface area contributed by atoms with Crippen LogP contribution in [0.25, 0.3) is 0 Å². The number of benzene rings is 1. The van der Waals surface area contributed by atoms with Gasteiger partial charge in [0.15, 0.2) is 0 Å². The molecule has 1 saturated carbocycles. The predicted octanol–water partition coefficient (Wildman–Crippen LogP) is 3.52. The number of nitrogens with zero attached hydrogens (tertiary/aromatic N) is 3. The normalized spacial score (nSPS) is 29.4. The van der Waals surface area contributed by atoms with E-state index in [0.717, 1.165) is 44.1 Å². The van der Waals surface area contributed by atoms with Gasteiger partial charge >= 0.3 is 0 Å². The molecule has 2 aliphatic rings. The summed E-state index contributed by atoms with van der Waals surface area (Å²) in [6.07, 6.45) is 2.28. The Morgan fingerprint density at radius 3 is 2.78 bits per heavy atom. The van der Waals surface area contributed by atoms with E-state index in [1.807, 2.05) is 19.9 Å². The van der Waals surface area contributed by atoms with E-state index in [2.05, 4.69) is 32.2 Å². The summed E-state index contributed by atoms with van der Waals surface area (Å²) >= 11 is 12.4. The van der Waals surface area contributed by atoms with Gasteiger partial charge in [0.1, 0.15) is 11.6 Å². The van der Waals surface area contributed by atoms with E-state index in [1.54, 1.807) is 0 Å². The maximum Gasteiger partial charge on any atom is 0.147 e. The van der Waals surface area contributed by atoms with E-state index in [4.69, 9.17) is 23.2 Å². The van der Waals surface area contributed by atoms with Gasteiger partial charge in [0.25, 0.3) is 0 Å². The number of nitrogens with one attached hydrogen (secondary N) is 1. The Morgan fingerprint density at radius 1 is 1.26 bits per heavy atom. The molecule has 0 unspecified atom stereocenters. The topological polar surface area (TPSA) is 42.7 Å². The lowest BCUT2D eigenvalue weighted by Crippen LogP contribution is -2.41. The van der Waals surface area contributed by atoms with E-state index in [1.165, 1.54) is 5.56 Å². The first-order chi connectivity index (χ1) is 11.0. The molecule has 0 radical (unpaired) electrons. The van der Waals surface area contributed by atoms with Gasteiger partial charge in [-0.2, -0.15) is 5.10 Å². The molecule has 4 rings (SSSR count). The molecule has 1 N–H and O–H groups in total. The molecule has 122 valence electrons. The van der Waals surface area contributed by atoms with Gasteiger partial charge in [-0.25, -0.2) is 9.67 Å². The van der Waals surface area contributed by atoms with Gasteiger partial charge in [0, 0.05) is 17.4 Å². The SMILES string of the molecule is Cc1nc(C)n(C[C@@]23CNCC[C@]2(c2ccc(Cl)c(Cl)c2)C3)n1. The second-order valence-corrected chi connectivity index (χ2v) is 7.77. The summed E-state index contributed by atoms with van der Waals surface area (Å²) in [5.41, 5.74) is 1.68. The second kappa shape index (κ2) is 5.20. The van der Waals surface area contributed by atoms with Crippen LogP contribution in [-0.2, 0) is 12.0 Å². The fraction of sp³-hybridized carbons (Fsp3) is 0.529. The highest BCUT2D eigenvalue weighted by Gasteiger charge is 2.68. The molecule has 1 aromatic heterocycles. The summed E-state index contributed by atoms with van der Waals surface area (Å²) in [6.45, 7) is 6.91. The number of piperidine rings is 1. The Kier molecular flexibility index (Phi) is 3.49. The van der Waals surface area contributed by atoms with Crippen molar-refractivity contribution in [2.45, 2.75) is 38.6 Å². The fourth-order valence-corrected chi connectivity index (χ4v) is 4.65. The molecule has 0 bridgehead atoms. The molecule has 0 spiro atoms. The number of rotatable bonds is 3. The van der Waals surface area contributed by atoms with Crippen LogP contribution in [0.2, 0.25) is 10.0 Å². The zero-order valence-electron chi connectivity index (χ0n) is 13.4. The second-order valence-electron chi connectivity index (χ2n) is 6.96. The van der Waals surface area contributed by atoms with Gasteiger partial charge in [0.05, 0.1) is 16.6 Å². The molecule has 2 heterocycles. The molecule has 1 aliphatic carbocycles. The van der Waals surface area contributed by atoms with Crippen LogP contribution in [0, 0.1) is 19.3 Å². The van der Waals surface area contributed by atoms with Crippen LogP contribution in [0.15, 0.2) is 18.2 Å². The predicted molar refractivity (Wildman–Crippen MR) is 92.2 cm³/mol. The van der Waals surface area contributed by atoms with Crippen LogP contribution in [0.3, 0.4) is 0 Å². The molecule has 2 fully saturated rings. The molecule has 2 aromatic rings. The van der Waals surface area contributed by atoms with Crippen molar-refractivity contribution in [2.75, 3.05) is 13.1 Å². The van der Waals surface area contributed by atoms with Gasteiger partial charge < -0.3 is 5.32 Å². The summed E-state index contributed by atoms with van der Waals surface area (Å²) in [4.78, 5) is 4.44. The molecule has 4 nitrogen and oxygen atoms in total. The van der Waals surface area contributed by atoms with E-state index < -0.39 is 0 Å². The standard InChI is InChI=1S/C17H20Cl2N4/c1-11-21-12(2)23(22-11)10-16-8-17(16,5-6-20-9-16)13-3-4-14(18)15(19)7-13/h3-4,7,20H,5-6,8-10H2,1-2H3/t16-,17-/m1/s1. The first-order valence-corrected chi connectivity index (χ1v) is 8.76. The van der Waals surface area contributed by atoms with Crippen molar-refractivity contribution in [1.29, 1.82) is 0 Å². The van der Waals surface area contributed by atoms with E-state index >= 15 is 0 Å². The first-order valence-electron chi connectivity index (χ1n) is 8.00. The Labute approximate surface area is 146 Å². The van der Waals surface area contributed by atoms with Gasteiger partial charge in [-0.05, 0) is 50.9 Å². The Hall–Kier alpha value is -1.10. The van der Waals surface area contributed by atoms with Crippen molar-refractivity contribution in [3.05, 3.63) is 45.5 Å². The van der Waals surface area contributed by atoms with Crippen molar-refractivity contribution in [1.82, 2.24) is 20.1 Å². The Bertz CT molecular complexity index is 772. The number of aryl methyl sites for hydroxylation is 2. The molecule has 0 amide bonds. The number of hydrogen-bond donors (Lipinski definition) is 1. The minimum absolute atomic E-state index is 0.179. The third kappa shape index (κ3) is 2.31. The van der Waals surface area contributed by atoms with Gasteiger partial charge in [-0.15, -0.1) is 0 Å². The maximum atomic E-state index is 6.27. The molecule has 1 saturated heterocycles. The minimum Gasteiger partial charge on any atom is -0.316 e. The first kappa shape index (κ1) is 15.4. The lowest BCUT2D eigenvalue weighted by Gasteiger charge is -2.32. The van der Waals surface area contributed by atoms with E-state index in [0.29, 0.717) is 10.0 Å². The lowest BCUT2D eigenvalue weighted by molar-refractivity contribution is 0.272. The third-order valence-electron chi connectivity index (χ3n) is 5.61. The lowest BCUT2D eigenvalue weighted by atomic mass is 9.81. The van der Waals surface area contributed by atoms with Crippen molar-refractivity contribution in [3.8, 4) is 0 Å². The third-order valence-corrected chi connectivity index (χ3v) is 6.35. The highest BCUT2D eigenvalue weighted by atomic mass is 35.5. The fourth-order valence-electron chi connectivity index (χ4n) is 4.36. The minimum atomic E-state index is 0.179. The Balaban J connectivity index is 1.70. The highest BCUT2D eigenvalue weighted by Crippen LogP contribution is 2.68. The maximum absolute atomic E-state index is 6.27. The van der Waals surface area contributed by atoms with Crippen LogP contribution in [0.5, 0.6) is 0 Å². The van der Waals surface area contributed by atoms with Crippen LogP contribution < -0.4 is 5.32 Å². The zero-order valence-corrected chi connectivity index (χ0v) is 14.9. The molecule has 1 aromatic carbocycles. The molecule has 23 heavy (non-hydrogen) atoms. The zero-order chi connectivity index (χ0) is 16.2. The van der Waals surface area contributed by atoms with Crippen LogP contribution in [-0.4, -0.2) is 27.9 Å². The summed E-state index contributed by atoms with van der Waals surface area (Å²) in [6, 6.07) is 6.11. The van der Waals surface area contributed by atoms with Gasteiger partial charge in [-0.1, -0.05) is 29.3 Å². The average Bonchev–Trinajstić information content (AvgIpc) is 3.09. The molecular weight excluding hydrogens is 331 g/mol. The van der Waals surface area contributed by atoms with Crippen molar-refractivity contribution in [2.24, 2.45) is 5.41 Å². The quantitative estimate of drug-likeness (QED) is 0.920. The van der Waals surface area contributed by atoms with Crippen LogP contribution in [0.1, 0.15) is 30.1 Å². The van der Waals surface area contributed by atoms with Crippen LogP contribution in [0.4, 0.5) is 0 Å². The monoisotopic (exact) mass is 350 g/mol. The van der Waals surface area contributed by atoms with E-state index in [9.17, 15) is 0 Å². The number of fused-ring (bicyclic) bond motifs is 1.